The van der Waals surface area contributed by atoms with Crippen molar-refractivity contribution >= 4 is 55.8 Å². The van der Waals surface area contributed by atoms with Gasteiger partial charge in [-0.05, 0) is 56.2 Å². The normalized spacial score (nSPS) is 11.2. The highest BCUT2D eigenvalue weighted by Crippen LogP contribution is 2.28. The van der Waals surface area contributed by atoms with Crippen LogP contribution in [0.1, 0.15) is 16.7 Å². The van der Waals surface area contributed by atoms with Crippen molar-refractivity contribution in [3.63, 3.8) is 0 Å². The zero-order chi connectivity index (χ0) is 24.9. The third-order valence-electron chi connectivity index (χ3n) is 4.58. The third kappa shape index (κ3) is 6.55. The number of nitrogens with zero attached hydrogens (tertiary/aromatic N) is 3. The van der Waals surface area contributed by atoms with Crippen LogP contribution in [0.4, 0.5) is 10.8 Å². The number of carbonyl (C=O) groups is 2. The fourth-order valence-corrected chi connectivity index (χ4v) is 6.04. The Morgan fingerprint density at radius 3 is 2.29 bits per heavy atom. The Bertz CT molecular complexity index is 1270. The Morgan fingerprint density at radius 1 is 1.03 bits per heavy atom. The number of methoxy groups -OCH3 is 1. The van der Waals surface area contributed by atoms with Gasteiger partial charge in [0.2, 0.25) is 11.0 Å². The number of esters is 1. The van der Waals surface area contributed by atoms with E-state index in [1.54, 1.807) is 24.3 Å². The average Bonchev–Trinajstić information content (AvgIpc) is 3.22. The minimum atomic E-state index is -4.02. The van der Waals surface area contributed by atoms with Crippen molar-refractivity contribution in [3.05, 3.63) is 59.2 Å². The molecule has 0 unspecified atom stereocenters. The number of hydrogen-bond acceptors (Lipinski definition) is 9. The number of amides is 1. The molecule has 0 aliphatic carbocycles. The summed E-state index contributed by atoms with van der Waals surface area (Å²) >= 11 is 2.21. The summed E-state index contributed by atoms with van der Waals surface area (Å²) in [7, 11) is -2.73. The fourth-order valence-electron chi connectivity index (χ4n) is 3.03. The van der Waals surface area contributed by atoms with Crippen molar-refractivity contribution < 1.29 is 22.7 Å². The lowest BCUT2D eigenvalue weighted by Gasteiger charge is -2.24. The number of anilines is 2. The molecule has 1 aromatic heterocycles. The monoisotopic (exact) mass is 520 g/mol. The SMILES string of the molecule is COC(=O)CSc1nnc(NC(=O)CN(c2cc(C)cc(C)c2)S(=O)(=O)c2ccc(C)cc2)s1. The molecule has 34 heavy (non-hydrogen) atoms. The Morgan fingerprint density at radius 2 is 1.68 bits per heavy atom. The molecule has 3 rings (SSSR count). The standard InChI is InChI=1S/C22H24N4O5S3/c1-14-5-7-18(8-6-14)34(29,30)26(17-10-15(2)9-16(3)11-17)12-19(27)23-21-24-25-22(33-21)32-13-20(28)31-4/h5-11H,12-13H2,1-4H3,(H,23,24,27). The van der Waals surface area contributed by atoms with Crippen molar-refractivity contribution in [2.24, 2.45) is 0 Å². The molecule has 12 heteroatoms. The summed E-state index contributed by atoms with van der Waals surface area (Å²) in [5.74, 6) is -0.916. The lowest BCUT2D eigenvalue weighted by Crippen LogP contribution is -2.38. The minimum Gasteiger partial charge on any atom is -0.468 e. The van der Waals surface area contributed by atoms with Crippen LogP contribution in [0.2, 0.25) is 0 Å². The van der Waals surface area contributed by atoms with Crippen LogP contribution in [0.25, 0.3) is 0 Å². The van der Waals surface area contributed by atoms with E-state index in [-0.39, 0.29) is 15.8 Å². The van der Waals surface area contributed by atoms with Gasteiger partial charge in [-0.15, -0.1) is 10.2 Å². The molecule has 9 nitrogen and oxygen atoms in total. The Kier molecular flexibility index (Phi) is 8.28. The molecule has 0 atom stereocenters. The molecule has 1 amide bonds. The highest BCUT2D eigenvalue weighted by Gasteiger charge is 2.28. The number of rotatable bonds is 9. The van der Waals surface area contributed by atoms with Crippen molar-refractivity contribution in [3.8, 4) is 0 Å². The number of sulfonamides is 1. The molecule has 0 spiro atoms. The zero-order valence-electron chi connectivity index (χ0n) is 19.1. The van der Waals surface area contributed by atoms with E-state index in [2.05, 4.69) is 20.3 Å². The summed E-state index contributed by atoms with van der Waals surface area (Å²) in [6.45, 7) is 5.14. The molecule has 0 aliphatic heterocycles. The molecule has 0 saturated carbocycles. The van der Waals surface area contributed by atoms with E-state index in [0.29, 0.717) is 10.0 Å². The van der Waals surface area contributed by atoms with Crippen LogP contribution < -0.4 is 9.62 Å². The van der Waals surface area contributed by atoms with Crippen LogP contribution >= 0.6 is 23.1 Å². The first-order valence-electron chi connectivity index (χ1n) is 10.1. The van der Waals surface area contributed by atoms with Gasteiger partial charge in [0, 0.05) is 0 Å². The minimum absolute atomic E-state index is 0.0638. The number of aryl methyl sites for hydroxylation is 3. The molecular weight excluding hydrogens is 496 g/mol. The van der Waals surface area contributed by atoms with Crippen LogP contribution in [0.5, 0.6) is 0 Å². The molecule has 0 radical (unpaired) electrons. The van der Waals surface area contributed by atoms with Crippen LogP contribution in [-0.2, 0) is 24.3 Å². The summed E-state index contributed by atoms with van der Waals surface area (Å²) in [5, 5.41) is 10.6. The molecule has 180 valence electrons. The van der Waals surface area contributed by atoms with Crippen molar-refractivity contribution in [1.29, 1.82) is 0 Å². The van der Waals surface area contributed by atoms with E-state index < -0.39 is 28.4 Å². The molecule has 2 aromatic carbocycles. The maximum absolute atomic E-state index is 13.5. The van der Waals surface area contributed by atoms with Crippen molar-refractivity contribution in [2.75, 3.05) is 29.0 Å². The maximum atomic E-state index is 13.5. The predicted octanol–water partition coefficient (Wildman–Crippen LogP) is 3.56. The first-order chi connectivity index (χ1) is 16.1. The van der Waals surface area contributed by atoms with Crippen molar-refractivity contribution in [2.45, 2.75) is 30.0 Å². The van der Waals surface area contributed by atoms with Gasteiger partial charge in [-0.3, -0.25) is 19.2 Å². The van der Waals surface area contributed by atoms with Gasteiger partial charge in [0.1, 0.15) is 6.54 Å². The lowest BCUT2D eigenvalue weighted by molar-refractivity contribution is -0.137. The van der Waals surface area contributed by atoms with Gasteiger partial charge in [0.25, 0.3) is 10.0 Å². The molecule has 0 fully saturated rings. The van der Waals surface area contributed by atoms with E-state index in [1.165, 1.54) is 19.2 Å². The van der Waals surface area contributed by atoms with E-state index in [9.17, 15) is 18.0 Å². The highest BCUT2D eigenvalue weighted by atomic mass is 32.2. The van der Waals surface area contributed by atoms with E-state index in [0.717, 1.165) is 44.1 Å². The van der Waals surface area contributed by atoms with Gasteiger partial charge in [-0.1, -0.05) is 46.9 Å². The van der Waals surface area contributed by atoms with Crippen LogP contribution in [-0.4, -0.2) is 49.9 Å². The van der Waals surface area contributed by atoms with Crippen LogP contribution in [0.15, 0.2) is 51.7 Å². The van der Waals surface area contributed by atoms with E-state index in [4.69, 9.17) is 0 Å². The maximum Gasteiger partial charge on any atom is 0.316 e. The van der Waals surface area contributed by atoms with Crippen LogP contribution in [0, 0.1) is 20.8 Å². The van der Waals surface area contributed by atoms with Gasteiger partial charge < -0.3 is 4.74 Å². The number of aromatic nitrogens is 2. The lowest BCUT2D eigenvalue weighted by atomic mass is 10.1. The van der Waals surface area contributed by atoms with Gasteiger partial charge in [0.05, 0.1) is 23.4 Å². The first-order valence-corrected chi connectivity index (χ1v) is 13.3. The zero-order valence-corrected chi connectivity index (χ0v) is 21.5. The smallest absolute Gasteiger partial charge is 0.316 e. The summed E-state index contributed by atoms with van der Waals surface area (Å²) in [4.78, 5) is 24.2. The second kappa shape index (κ2) is 11.0. The average molecular weight is 521 g/mol. The largest absolute Gasteiger partial charge is 0.468 e. The Labute approximate surface area is 206 Å². The number of hydrogen-bond donors (Lipinski definition) is 1. The summed E-state index contributed by atoms with van der Waals surface area (Å²) < 4.78 is 33.2. The summed E-state index contributed by atoms with van der Waals surface area (Å²) in [6, 6.07) is 11.8. The summed E-state index contributed by atoms with van der Waals surface area (Å²) in [6.07, 6.45) is 0. The van der Waals surface area contributed by atoms with Crippen molar-refractivity contribution in [1.82, 2.24) is 10.2 Å². The molecule has 0 aliphatic rings. The number of benzene rings is 2. The molecule has 0 bridgehead atoms. The van der Waals surface area contributed by atoms with Gasteiger partial charge in [-0.25, -0.2) is 8.42 Å². The Hall–Kier alpha value is -2.96. The van der Waals surface area contributed by atoms with Crippen LogP contribution in [0.3, 0.4) is 0 Å². The number of nitrogens with one attached hydrogen (secondary N) is 1. The number of carbonyl (C=O) groups excluding carboxylic acids is 2. The second-order valence-corrected chi connectivity index (χ2v) is 11.5. The molecule has 1 heterocycles. The first kappa shape index (κ1) is 25.7. The highest BCUT2D eigenvalue weighted by molar-refractivity contribution is 8.01. The molecule has 0 saturated heterocycles. The van der Waals surface area contributed by atoms with Gasteiger partial charge in [-0.2, -0.15) is 0 Å². The molecular formula is C22H24N4O5S3. The number of thioether (sulfide) groups is 1. The third-order valence-corrected chi connectivity index (χ3v) is 8.32. The molecule has 3 aromatic rings. The predicted molar refractivity (Wildman–Crippen MR) is 133 cm³/mol. The number of ether oxygens (including phenoxy) is 1. The summed E-state index contributed by atoms with van der Waals surface area (Å²) in [5.41, 5.74) is 3.05. The quantitative estimate of drug-likeness (QED) is 0.258. The van der Waals surface area contributed by atoms with E-state index >= 15 is 0 Å². The molecule has 1 N–H and O–H groups in total. The van der Waals surface area contributed by atoms with Gasteiger partial charge in [0.15, 0.2) is 4.34 Å². The fraction of sp³-hybridized carbons (Fsp3) is 0.273. The second-order valence-electron chi connectivity index (χ2n) is 7.46. The Balaban J connectivity index is 1.84. The van der Waals surface area contributed by atoms with Gasteiger partial charge >= 0.3 is 5.97 Å². The topological polar surface area (TPSA) is 119 Å². The van der Waals surface area contributed by atoms with E-state index in [1.807, 2.05) is 26.8 Å².